The van der Waals surface area contributed by atoms with Crippen LogP contribution >= 0.6 is 0 Å². The summed E-state index contributed by atoms with van der Waals surface area (Å²) in [6.45, 7) is 0. The van der Waals surface area contributed by atoms with Gasteiger partial charge in [-0.1, -0.05) is 36.4 Å². The van der Waals surface area contributed by atoms with Gasteiger partial charge in [-0.3, -0.25) is 14.5 Å². The van der Waals surface area contributed by atoms with Gasteiger partial charge in [-0.2, -0.15) is 5.26 Å². The molecule has 0 spiro atoms. The molecular weight excluding hydrogens is 338 g/mol. The van der Waals surface area contributed by atoms with Crippen molar-refractivity contribution in [1.82, 2.24) is 0 Å². The summed E-state index contributed by atoms with van der Waals surface area (Å²) in [7, 11) is 0. The molecule has 0 saturated heterocycles. The van der Waals surface area contributed by atoms with E-state index in [0.29, 0.717) is 16.9 Å². The highest BCUT2D eigenvalue weighted by atomic mass is 16.2. The minimum Gasteiger partial charge on any atom is -0.325 e. The maximum absolute atomic E-state index is 13.1. The number of rotatable bonds is 5. The summed E-state index contributed by atoms with van der Waals surface area (Å²) < 4.78 is 0. The molecule has 0 heterocycles. The zero-order valence-corrected chi connectivity index (χ0v) is 14.5. The van der Waals surface area contributed by atoms with Crippen molar-refractivity contribution in [3.63, 3.8) is 0 Å². The molecule has 0 aliphatic carbocycles. The minimum atomic E-state index is -0.370. The fourth-order valence-electron chi connectivity index (χ4n) is 2.64. The Balaban J connectivity index is 1.93. The molecule has 0 aliphatic rings. The number of anilines is 3. The monoisotopic (exact) mass is 355 g/mol. The minimum absolute atomic E-state index is 0.150. The molecule has 3 aromatic carbocycles. The molecule has 3 aromatic rings. The Morgan fingerprint density at radius 2 is 1.37 bits per heavy atom. The molecule has 3 rings (SSSR count). The normalized spacial score (nSPS) is 9.89. The zero-order valence-electron chi connectivity index (χ0n) is 14.5. The van der Waals surface area contributed by atoms with Crippen molar-refractivity contribution in [2.45, 2.75) is 6.42 Å². The van der Waals surface area contributed by atoms with Crippen molar-refractivity contribution >= 4 is 28.9 Å². The van der Waals surface area contributed by atoms with Crippen LogP contribution in [0.1, 0.15) is 16.8 Å². The Labute approximate surface area is 157 Å². The third kappa shape index (κ3) is 4.39. The van der Waals surface area contributed by atoms with E-state index in [0.717, 1.165) is 5.69 Å². The van der Waals surface area contributed by atoms with E-state index < -0.39 is 0 Å². The standard InChI is InChI=1S/C22H17N3O2/c23-16-15-21(26)24-18-11-13-20(14-12-18)25(19-9-5-2-6-10-19)22(27)17-7-3-1-4-8-17/h1-14H,15H2,(H,24,26). The van der Waals surface area contributed by atoms with Crippen molar-refractivity contribution in [2.75, 3.05) is 10.2 Å². The fraction of sp³-hybridized carbons (Fsp3) is 0.0455. The molecule has 5 nitrogen and oxygen atoms in total. The first kappa shape index (κ1) is 17.9. The lowest BCUT2D eigenvalue weighted by Crippen LogP contribution is -2.25. The van der Waals surface area contributed by atoms with Crippen LogP contribution in [0.25, 0.3) is 0 Å². The van der Waals surface area contributed by atoms with E-state index >= 15 is 0 Å². The number of amides is 2. The average molecular weight is 355 g/mol. The number of nitriles is 1. The van der Waals surface area contributed by atoms with Crippen LogP contribution in [0.3, 0.4) is 0 Å². The van der Waals surface area contributed by atoms with Crippen LogP contribution in [0.5, 0.6) is 0 Å². The van der Waals surface area contributed by atoms with Crippen LogP contribution in [0.15, 0.2) is 84.9 Å². The number of carbonyl (C=O) groups is 2. The van der Waals surface area contributed by atoms with Gasteiger partial charge in [0, 0.05) is 22.6 Å². The number of hydrogen-bond acceptors (Lipinski definition) is 3. The Morgan fingerprint density at radius 1 is 0.815 bits per heavy atom. The highest BCUT2D eigenvalue weighted by molar-refractivity contribution is 6.11. The molecule has 132 valence electrons. The quantitative estimate of drug-likeness (QED) is 0.731. The maximum Gasteiger partial charge on any atom is 0.262 e. The van der Waals surface area contributed by atoms with Crippen LogP contribution in [-0.2, 0) is 4.79 Å². The number of nitrogens with one attached hydrogen (secondary N) is 1. The SMILES string of the molecule is N#CCC(=O)Nc1ccc(N(C(=O)c2ccccc2)c2ccccc2)cc1. The smallest absolute Gasteiger partial charge is 0.262 e. The Morgan fingerprint density at radius 3 is 1.96 bits per heavy atom. The molecule has 0 bridgehead atoms. The summed E-state index contributed by atoms with van der Waals surface area (Å²) in [5.41, 5.74) is 2.56. The van der Waals surface area contributed by atoms with E-state index in [-0.39, 0.29) is 18.2 Å². The highest BCUT2D eigenvalue weighted by Crippen LogP contribution is 2.28. The van der Waals surface area contributed by atoms with Crippen molar-refractivity contribution in [2.24, 2.45) is 0 Å². The summed E-state index contributed by atoms with van der Waals surface area (Å²) in [6, 6.07) is 27.2. The summed E-state index contributed by atoms with van der Waals surface area (Å²) in [4.78, 5) is 26.3. The lowest BCUT2D eigenvalue weighted by atomic mass is 10.1. The molecule has 0 aliphatic heterocycles. The van der Waals surface area contributed by atoms with Crippen molar-refractivity contribution in [3.8, 4) is 6.07 Å². The first-order valence-electron chi connectivity index (χ1n) is 8.40. The second kappa shape index (κ2) is 8.45. The highest BCUT2D eigenvalue weighted by Gasteiger charge is 2.19. The number of hydrogen-bond donors (Lipinski definition) is 1. The van der Waals surface area contributed by atoms with Gasteiger partial charge in [-0.05, 0) is 48.5 Å². The predicted octanol–water partition coefficient (Wildman–Crippen LogP) is 4.52. The first-order valence-corrected chi connectivity index (χ1v) is 8.40. The molecule has 0 saturated carbocycles. The molecule has 0 unspecified atom stereocenters. The van der Waals surface area contributed by atoms with Gasteiger partial charge in [0.25, 0.3) is 5.91 Å². The number of benzene rings is 3. The van der Waals surface area contributed by atoms with Gasteiger partial charge < -0.3 is 5.32 Å². The molecule has 2 amide bonds. The van der Waals surface area contributed by atoms with E-state index in [1.54, 1.807) is 47.4 Å². The Bertz CT molecular complexity index is 962. The van der Waals surface area contributed by atoms with Gasteiger partial charge >= 0.3 is 0 Å². The summed E-state index contributed by atoms with van der Waals surface area (Å²) in [5.74, 6) is -0.520. The van der Waals surface area contributed by atoms with Gasteiger partial charge in [0.15, 0.2) is 0 Å². The Kier molecular flexibility index (Phi) is 5.60. The average Bonchev–Trinajstić information content (AvgIpc) is 2.71. The summed E-state index contributed by atoms with van der Waals surface area (Å²) >= 11 is 0. The van der Waals surface area contributed by atoms with E-state index in [9.17, 15) is 9.59 Å². The fourth-order valence-corrected chi connectivity index (χ4v) is 2.64. The first-order chi connectivity index (χ1) is 13.2. The van der Waals surface area contributed by atoms with Gasteiger partial charge in [0.1, 0.15) is 6.42 Å². The third-order valence-electron chi connectivity index (χ3n) is 3.89. The van der Waals surface area contributed by atoms with Crippen LogP contribution < -0.4 is 10.2 Å². The van der Waals surface area contributed by atoms with Gasteiger partial charge in [-0.25, -0.2) is 0 Å². The van der Waals surface area contributed by atoms with E-state index in [1.807, 2.05) is 48.5 Å². The van der Waals surface area contributed by atoms with E-state index in [1.165, 1.54) is 0 Å². The summed E-state index contributed by atoms with van der Waals surface area (Å²) in [5, 5.41) is 11.2. The molecule has 0 radical (unpaired) electrons. The molecule has 1 N–H and O–H groups in total. The van der Waals surface area contributed by atoms with Crippen LogP contribution in [0.2, 0.25) is 0 Å². The van der Waals surface area contributed by atoms with E-state index in [2.05, 4.69) is 5.32 Å². The van der Waals surface area contributed by atoms with Crippen molar-refractivity contribution < 1.29 is 9.59 Å². The van der Waals surface area contributed by atoms with Gasteiger partial charge in [0.05, 0.1) is 6.07 Å². The van der Waals surface area contributed by atoms with Crippen LogP contribution in [-0.4, -0.2) is 11.8 Å². The van der Waals surface area contributed by atoms with Gasteiger partial charge in [0.2, 0.25) is 5.91 Å². The van der Waals surface area contributed by atoms with Crippen LogP contribution in [0, 0.1) is 11.3 Å². The molecule has 0 aromatic heterocycles. The second-order valence-electron chi connectivity index (χ2n) is 5.77. The largest absolute Gasteiger partial charge is 0.325 e. The topological polar surface area (TPSA) is 73.2 Å². The molecule has 0 atom stereocenters. The number of nitrogens with zero attached hydrogens (tertiary/aromatic N) is 2. The van der Waals surface area contributed by atoms with E-state index in [4.69, 9.17) is 5.26 Å². The number of carbonyl (C=O) groups excluding carboxylic acids is 2. The molecule has 5 heteroatoms. The van der Waals surface area contributed by atoms with Crippen molar-refractivity contribution in [1.29, 1.82) is 5.26 Å². The summed E-state index contributed by atoms with van der Waals surface area (Å²) in [6.07, 6.45) is -0.204. The number of para-hydroxylation sites is 1. The molecular formula is C22H17N3O2. The third-order valence-corrected chi connectivity index (χ3v) is 3.89. The Hall–Kier alpha value is -3.91. The molecule has 0 fully saturated rings. The van der Waals surface area contributed by atoms with Crippen molar-refractivity contribution in [3.05, 3.63) is 90.5 Å². The lowest BCUT2D eigenvalue weighted by Gasteiger charge is -2.23. The van der Waals surface area contributed by atoms with Gasteiger partial charge in [-0.15, -0.1) is 0 Å². The maximum atomic E-state index is 13.1. The second-order valence-corrected chi connectivity index (χ2v) is 5.77. The molecule has 27 heavy (non-hydrogen) atoms. The predicted molar refractivity (Wildman–Crippen MR) is 105 cm³/mol. The lowest BCUT2D eigenvalue weighted by molar-refractivity contribution is -0.115. The zero-order chi connectivity index (χ0) is 19.1. The van der Waals surface area contributed by atoms with Crippen LogP contribution in [0.4, 0.5) is 17.1 Å².